The summed E-state index contributed by atoms with van der Waals surface area (Å²) in [5, 5.41) is 4.04. The lowest BCUT2D eigenvalue weighted by Gasteiger charge is -2.11. The molecule has 1 aliphatic carbocycles. The number of hydrogen-bond donors (Lipinski definition) is 2. The molecule has 12 heteroatoms. The lowest BCUT2D eigenvalue weighted by molar-refractivity contribution is -0.123. The van der Waals surface area contributed by atoms with Gasteiger partial charge in [0.1, 0.15) is 10.9 Å². The fraction of sp³-hybridized carbons (Fsp3) is 0.300. The van der Waals surface area contributed by atoms with Gasteiger partial charge in [0.25, 0.3) is 12.3 Å². The smallest absolute Gasteiger partial charge is 0.343 e. The Labute approximate surface area is 194 Å². The van der Waals surface area contributed by atoms with Crippen LogP contribution in [0.4, 0.5) is 27.6 Å². The first kappa shape index (κ1) is 24.5. The fourth-order valence-corrected chi connectivity index (χ4v) is 4.26. The summed E-state index contributed by atoms with van der Waals surface area (Å²) in [5.74, 6) is -3.49. The van der Waals surface area contributed by atoms with Gasteiger partial charge >= 0.3 is 6.18 Å². The molecule has 1 aliphatic rings. The summed E-state index contributed by atoms with van der Waals surface area (Å²) in [7, 11) is 0. The van der Waals surface area contributed by atoms with E-state index in [0.717, 1.165) is 6.07 Å². The second kappa shape index (κ2) is 9.03. The monoisotopic (exact) mass is 514 g/mol. The normalized spacial score (nSPS) is 19.5. The van der Waals surface area contributed by atoms with Crippen LogP contribution < -0.4 is 10.6 Å². The third kappa shape index (κ3) is 5.44. The first-order valence-corrected chi connectivity index (χ1v) is 10.2. The van der Waals surface area contributed by atoms with Crippen LogP contribution in [-0.2, 0) is 4.79 Å². The predicted octanol–water partition coefficient (Wildman–Crippen LogP) is 6.10. The highest BCUT2D eigenvalue weighted by Gasteiger charge is 2.67. The molecule has 0 saturated heterocycles. The topological polar surface area (TPSA) is 58.2 Å². The highest BCUT2D eigenvalue weighted by molar-refractivity contribution is 6.53. The maximum Gasteiger partial charge on any atom is 0.405 e. The Morgan fingerprint density at radius 1 is 1.09 bits per heavy atom. The molecule has 1 saturated carbocycles. The summed E-state index contributed by atoms with van der Waals surface area (Å²) in [6.45, 7) is -1.55. The Morgan fingerprint density at radius 3 is 2.41 bits per heavy atom. The van der Waals surface area contributed by atoms with Crippen molar-refractivity contribution in [2.45, 2.75) is 22.9 Å². The minimum Gasteiger partial charge on any atom is -0.343 e. The summed E-state index contributed by atoms with van der Waals surface area (Å²) in [4.78, 5) is 24.7. The van der Waals surface area contributed by atoms with Crippen molar-refractivity contribution in [1.29, 1.82) is 0 Å². The summed E-state index contributed by atoms with van der Waals surface area (Å²) in [6.07, 6.45) is -7.32. The van der Waals surface area contributed by atoms with E-state index in [2.05, 4.69) is 5.32 Å². The van der Waals surface area contributed by atoms with Crippen molar-refractivity contribution in [2.24, 2.45) is 5.92 Å². The average molecular weight is 516 g/mol. The van der Waals surface area contributed by atoms with Crippen molar-refractivity contribution in [3.05, 3.63) is 64.2 Å². The first-order chi connectivity index (χ1) is 14.8. The highest BCUT2D eigenvalue weighted by Crippen LogP contribution is 2.65. The van der Waals surface area contributed by atoms with Crippen LogP contribution in [0.1, 0.15) is 33.8 Å². The number of halogens is 8. The molecule has 2 aromatic carbocycles. The lowest BCUT2D eigenvalue weighted by atomic mass is 10.1. The molecule has 2 aromatic rings. The molecule has 0 aromatic heterocycles. The molecule has 0 aliphatic heterocycles. The Balaban J connectivity index is 1.75. The van der Waals surface area contributed by atoms with E-state index in [-0.39, 0.29) is 21.8 Å². The van der Waals surface area contributed by atoms with Crippen molar-refractivity contribution in [2.75, 3.05) is 11.9 Å². The van der Waals surface area contributed by atoms with Crippen LogP contribution in [0.3, 0.4) is 0 Å². The summed E-state index contributed by atoms with van der Waals surface area (Å²) < 4.78 is 61.4. The molecule has 0 spiro atoms. The van der Waals surface area contributed by atoms with Crippen LogP contribution in [0.15, 0.2) is 42.5 Å². The van der Waals surface area contributed by atoms with Crippen molar-refractivity contribution in [1.82, 2.24) is 5.32 Å². The van der Waals surface area contributed by atoms with E-state index in [4.69, 9.17) is 34.8 Å². The number of anilines is 1. The zero-order chi connectivity index (χ0) is 23.8. The predicted molar refractivity (Wildman–Crippen MR) is 111 cm³/mol. The molecular weight excluding hydrogens is 502 g/mol. The zero-order valence-electron chi connectivity index (χ0n) is 15.8. The molecule has 2 atom stereocenters. The second-order valence-electron chi connectivity index (χ2n) is 7.08. The van der Waals surface area contributed by atoms with Crippen LogP contribution in [0.2, 0.25) is 5.02 Å². The number of benzene rings is 2. The van der Waals surface area contributed by atoms with Gasteiger partial charge in [-0.15, -0.1) is 23.2 Å². The molecule has 2 amide bonds. The molecule has 1 fully saturated rings. The van der Waals surface area contributed by atoms with Gasteiger partial charge in [-0.3, -0.25) is 9.59 Å². The second-order valence-corrected chi connectivity index (χ2v) is 8.93. The van der Waals surface area contributed by atoms with E-state index in [9.17, 15) is 31.5 Å². The van der Waals surface area contributed by atoms with Crippen LogP contribution in [0.5, 0.6) is 0 Å². The fourth-order valence-electron chi connectivity index (χ4n) is 3.23. The highest BCUT2D eigenvalue weighted by atomic mass is 35.5. The molecule has 0 heterocycles. The Kier molecular flexibility index (Phi) is 6.93. The van der Waals surface area contributed by atoms with Gasteiger partial charge in [-0.2, -0.15) is 13.2 Å². The quantitative estimate of drug-likeness (QED) is 0.361. The Hall–Kier alpha value is -2.10. The van der Waals surface area contributed by atoms with Crippen molar-refractivity contribution >= 4 is 52.3 Å². The van der Waals surface area contributed by atoms with Gasteiger partial charge in [-0.25, -0.2) is 8.78 Å². The standard InChI is InChI=1S/C20H14Cl3F5N2O2/c21-13-5-4-11(7-12(13)17(31)29-8-19(26,27)28)30-18(32)15-14(20(15,22)23)9-2-1-3-10(6-9)16(24)25/h1-7,14-16H,8H2,(H,29,31)(H,30,32). The number of nitrogens with one attached hydrogen (secondary N) is 2. The third-order valence-corrected chi connectivity index (χ3v) is 6.06. The van der Waals surface area contributed by atoms with E-state index in [1.54, 1.807) is 5.32 Å². The average Bonchev–Trinajstić information content (AvgIpc) is 3.29. The maximum absolute atomic E-state index is 13.0. The number of alkyl halides is 7. The van der Waals surface area contributed by atoms with Crippen LogP contribution >= 0.6 is 34.8 Å². The summed E-state index contributed by atoms with van der Waals surface area (Å²) in [6, 6.07) is 9.03. The molecule has 2 unspecified atom stereocenters. The zero-order valence-corrected chi connectivity index (χ0v) is 18.1. The van der Waals surface area contributed by atoms with Crippen LogP contribution in [-0.4, -0.2) is 28.9 Å². The number of hydrogen-bond acceptors (Lipinski definition) is 2. The lowest BCUT2D eigenvalue weighted by Crippen LogP contribution is -2.33. The Morgan fingerprint density at radius 2 is 1.78 bits per heavy atom. The van der Waals surface area contributed by atoms with Gasteiger partial charge in [-0.05, 0) is 29.8 Å². The van der Waals surface area contributed by atoms with Crippen LogP contribution in [0, 0.1) is 5.92 Å². The largest absolute Gasteiger partial charge is 0.405 e. The molecule has 2 N–H and O–H groups in total. The number of rotatable bonds is 6. The van der Waals surface area contributed by atoms with E-state index in [0.29, 0.717) is 5.56 Å². The van der Waals surface area contributed by atoms with Gasteiger partial charge in [0.05, 0.1) is 16.5 Å². The minimum atomic E-state index is -4.61. The first-order valence-electron chi connectivity index (χ1n) is 9.02. The van der Waals surface area contributed by atoms with Crippen molar-refractivity contribution < 1.29 is 31.5 Å². The van der Waals surface area contributed by atoms with Crippen molar-refractivity contribution in [3.63, 3.8) is 0 Å². The molecule has 3 rings (SSSR count). The number of amides is 2. The minimum absolute atomic E-state index is 0.0627. The SMILES string of the molecule is O=C(NCC(F)(F)F)c1cc(NC(=O)C2C(c3cccc(C(F)F)c3)C2(Cl)Cl)ccc1Cl. The van der Waals surface area contributed by atoms with Crippen molar-refractivity contribution in [3.8, 4) is 0 Å². The van der Waals surface area contributed by atoms with Gasteiger partial charge in [0.2, 0.25) is 5.91 Å². The molecule has 32 heavy (non-hydrogen) atoms. The van der Waals surface area contributed by atoms with Gasteiger partial charge in [-0.1, -0.05) is 29.8 Å². The molecule has 0 bridgehead atoms. The molecule has 172 valence electrons. The third-order valence-electron chi connectivity index (χ3n) is 4.79. The van der Waals surface area contributed by atoms with Gasteiger partial charge < -0.3 is 10.6 Å². The van der Waals surface area contributed by atoms with Gasteiger partial charge in [0, 0.05) is 17.2 Å². The van der Waals surface area contributed by atoms with E-state index >= 15 is 0 Å². The Bertz CT molecular complexity index is 1050. The molecular formula is C20H14Cl3F5N2O2. The van der Waals surface area contributed by atoms with Gasteiger partial charge in [0.15, 0.2) is 0 Å². The molecule has 4 nitrogen and oxygen atoms in total. The maximum atomic E-state index is 13.0. The van der Waals surface area contributed by atoms with E-state index in [1.165, 1.54) is 36.4 Å². The van der Waals surface area contributed by atoms with E-state index in [1.807, 2.05) is 0 Å². The van der Waals surface area contributed by atoms with E-state index < -0.39 is 47.1 Å². The molecule has 0 radical (unpaired) electrons. The summed E-state index contributed by atoms with van der Waals surface area (Å²) in [5.41, 5.74) is -0.109. The summed E-state index contributed by atoms with van der Waals surface area (Å²) >= 11 is 18.3. The number of carbonyl (C=O) groups excluding carboxylic acids is 2. The van der Waals surface area contributed by atoms with Crippen LogP contribution in [0.25, 0.3) is 0 Å². The number of carbonyl (C=O) groups is 2.